The Labute approximate surface area is 82.3 Å². The molecule has 80 valence electrons. The van der Waals surface area contributed by atoms with E-state index in [4.69, 9.17) is 18.9 Å². The zero-order chi connectivity index (χ0) is 9.97. The predicted octanol–water partition coefficient (Wildman–Crippen LogP) is -0.0626. The lowest BCUT2D eigenvalue weighted by molar-refractivity contribution is -0.145. The van der Waals surface area contributed by atoms with Crippen molar-refractivity contribution in [3.63, 3.8) is 0 Å². The number of methoxy groups -OCH3 is 1. The summed E-state index contributed by atoms with van der Waals surface area (Å²) in [5, 5.41) is 0. The van der Waals surface area contributed by atoms with Gasteiger partial charge in [-0.25, -0.2) is 0 Å². The first-order chi connectivity index (χ1) is 6.81. The molecule has 2 aliphatic rings. The smallest absolute Gasteiger partial charge is 0.306 e. The van der Waals surface area contributed by atoms with Gasteiger partial charge in [0, 0.05) is 7.11 Å². The van der Waals surface area contributed by atoms with E-state index in [1.807, 2.05) is 0 Å². The summed E-state index contributed by atoms with van der Waals surface area (Å²) in [5.41, 5.74) is 0. The van der Waals surface area contributed by atoms with Gasteiger partial charge in [-0.3, -0.25) is 4.79 Å². The van der Waals surface area contributed by atoms with Gasteiger partial charge in [0.25, 0.3) is 0 Å². The van der Waals surface area contributed by atoms with Crippen LogP contribution >= 0.6 is 0 Å². The van der Waals surface area contributed by atoms with E-state index in [-0.39, 0.29) is 24.3 Å². The summed E-state index contributed by atoms with van der Waals surface area (Å²) in [6.07, 6.45) is -0.171. The number of hydrogen-bond donors (Lipinski definition) is 0. The molecule has 0 radical (unpaired) electrons. The Kier molecular flexibility index (Phi) is 3.00. The molecule has 0 aromatic heterocycles. The van der Waals surface area contributed by atoms with Gasteiger partial charge in [-0.2, -0.15) is 0 Å². The molecule has 0 saturated carbocycles. The Balaban J connectivity index is 1.96. The maximum Gasteiger partial charge on any atom is 0.306 e. The molecule has 2 unspecified atom stereocenters. The van der Waals surface area contributed by atoms with E-state index in [9.17, 15) is 4.79 Å². The van der Waals surface area contributed by atoms with Gasteiger partial charge in [0.1, 0.15) is 6.10 Å². The summed E-state index contributed by atoms with van der Waals surface area (Å²) >= 11 is 0. The topological polar surface area (TPSA) is 54.0 Å². The third-order valence-electron chi connectivity index (χ3n) is 2.49. The molecule has 0 N–H and O–H groups in total. The number of carbonyl (C=O) groups is 1. The van der Waals surface area contributed by atoms with Crippen LogP contribution in [0.1, 0.15) is 6.42 Å². The average molecular weight is 202 g/mol. The summed E-state index contributed by atoms with van der Waals surface area (Å²) in [6, 6.07) is 0. The molecule has 14 heavy (non-hydrogen) atoms. The van der Waals surface area contributed by atoms with Gasteiger partial charge in [0.15, 0.2) is 6.29 Å². The summed E-state index contributed by atoms with van der Waals surface area (Å²) in [7, 11) is 1.58. The van der Waals surface area contributed by atoms with Crippen LogP contribution in [0.3, 0.4) is 0 Å². The molecule has 5 nitrogen and oxygen atoms in total. The van der Waals surface area contributed by atoms with Crippen molar-refractivity contribution in [1.82, 2.24) is 0 Å². The van der Waals surface area contributed by atoms with Crippen molar-refractivity contribution in [2.24, 2.45) is 5.92 Å². The normalized spacial score (nSPS) is 33.6. The fraction of sp³-hybridized carbons (Fsp3) is 0.889. The molecule has 2 heterocycles. The molecule has 2 saturated heterocycles. The molecule has 0 amide bonds. The molecule has 5 heteroatoms. The standard InChI is InChI=1S/C9H14O5/c1-11-5-7-6(4-8(10)14-7)9-12-2-3-13-9/h6-7,9H,2-5H2,1H3. The van der Waals surface area contributed by atoms with E-state index < -0.39 is 0 Å². The summed E-state index contributed by atoms with van der Waals surface area (Å²) in [4.78, 5) is 11.1. The number of cyclic esters (lactones) is 1. The van der Waals surface area contributed by atoms with Crippen LogP contribution in [0.5, 0.6) is 0 Å². The lowest BCUT2D eigenvalue weighted by Gasteiger charge is -2.20. The number of ether oxygens (including phenoxy) is 4. The van der Waals surface area contributed by atoms with Crippen LogP contribution in [0.25, 0.3) is 0 Å². The van der Waals surface area contributed by atoms with Crippen LogP contribution in [-0.2, 0) is 23.7 Å². The molecule has 2 rings (SSSR count). The fourth-order valence-corrected chi connectivity index (χ4v) is 1.85. The molecule has 0 aromatic carbocycles. The maximum absolute atomic E-state index is 11.1. The third kappa shape index (κ3) is 1.89. The Morgan fingerprint density at radius 1 is 1.43 bits per heavy atom. The van der Waals surface area contributed by atoms with Crippen LogP contribution < -0.4 is 0 Å². The van der Waals surface area contributed by atoms with Crippen molar-refractivity contribution in [1.29, 1.82) is 0 Å². The highest BCUT2D eigenvalue weighted by Crippen LogP contribution is 2.29. The molecule has 0 spiro atoms. The number of esters is 1. The largest absolute Gasteiger partial charge is 0.459 e. The lowest BCUT2D eigenvalue weighted by atomic mass is 10.0. The first-order valence-electron chi connectivity index (χ1n) is 4.73. The van der Waals surface area contributed by atoms with Crippen LogP contribution in [0.4, 0.5) is 0 Å². The fourth-order valence-electron chi connectivity index (χ4n) is 1.85. The summed E-state index contributed by atoms with van der Waals surface area (Å²) in [6.45, 7) is 1.59. The van der Waals surface area contributed by atoms with Gasteiger partial charge in [0.2, 0.25) is 0 Å². The molecule has 0 aromatic rings. The number of rotatable bonds is 3. The highest BCUT2D eigenvalue weighted by molar-refractivity contribution is 5.72. The van der Waals surface area contributed by atoms with Crippen molar-refractivity contribution in [3.05, 3.63) is 0 Å². The van der Waals surface area contributed by atoms with E-state index in [0.717, 1.165) is 0 Å². The van der Waals surface area contributed by atoms with Crippen LogP contribution in [0.15, 0.2) is 0 Å². The van der Waals surface area contributed by atoms with Gasteiger partial charge < -0.3 is 18.9 Å². The minimum Gasteiger partial charge on any atom is -0.459 e. The van der Waals surface area contributed by atoms with E-state index in [1.54, 1.807) is 7.11 Å². The van der Waals surface area contributed by atoms with Crippen molar-refractivity contribution in [2.75, 3.05) is 26.9 Å². The second kappa shape index (κ2) is 4.25. The highest BCUT2D eigenvalue weighted by Gasteiger charge is 2.42. The summed E-state index contributed by atoms with van der Waals surface area (Å²) in [5.74, 6) is -0.221. The second-order valence-electron chi connectivity index (χ2n) is 3.46. The quantitative estimate of drug-likeness (QED) is 0.600. The average Bonchev–Trinajstić information content (AvgIpc) is 2.74. The molecular formula is C9H14O5. The number of carbonyl (C=O) groups excluding carboxylic acids is 1. The first kappa shape index (κ1) is 9.89. The van der Waals surface area contributed by atoms with Crippen LogP contribution in [-0.4, -0.2) is 45.3 Å². The Morgan fingerprint density at radius 2 is 2.14 bits per heavy atom. The molecule has 0 bridgehead atoms. The van der Waals surface area contributed by atoms with Gasteiger partial charge in [-0.1, -0.05) is 0 Å². The zero-order valence-electron chi connectivity index (χ0n) is 8.10. The molecule has 2 atom stereocenters. The van der Waals surface area contributed by atoms with Crippen LogP contribution in [0, 0.1) is 5.92 Å². The van der Waals surface area contributed by atoms with E-state index in [1.165, 1.54) is 0 Å². The summed E-state index contributed by atoms with van der Waals surface area (Å²) < 4.78 is 20.8. The Morgan fingerprint density at radius 3 is 2.79 bits per heavy atom. The minimum absolute atomic E-state index is 0.0232. The van der Waals surface area contributed by atoms with Crippen molar-refractivity contribution in [2.45, 2.75) is 18.8 Å². The molecule has 2 fully saturated rings. The molecule has 2 aliphatic heterocycles. The van der Waals surface area contributed by atoms with Crippen molar-refractivity contribution in [3.8, 4) is 0 Å². The lowest BCUT2D eigenvalue weighted by Crippen LogP contribution is -2.32. The van der Waals surface area contributed by atoms with E-state index in [2.05, 4.69) is 0 Å². The SMILES string of the molecule is COCC1OC(=O)CC1C1OCCO1. The molecular weight excluding hydrogens is 188 g/mol. The van der Waals surface area contributed by atoms with Crippen molar-refractivity contribution >= 4 is 5.97 Å². The number of hydrogen-bond acceptors (Lipinski definition) is 5. The maximum atomic E-state index is 11.1. The van der Waals surface area contributed by atoms with Gasteiger partial charge >= 0.3 is 5.97 Å². The molecule has 0 aliphatic carbocycles. The van der Waals surface area contributed by atoms with Crippen molar-refractivity contribution < 1.29 is 23.7 Å². The Bertz CT molecular complexity index is 211. The first-order valence-corrected chi connectivity index (χ1v) is 4.73. The van der Waals surface area contributed by atoms with Gasteiger partial charge in [-0.15, -0.1) is 0 Å². The van der Waals surface area contributed by atoms with E-state index in [0.29, 0.717) is 26.2 Å². The van der Waals surface area contributed by atoms with Gasteiger partial charge in [0.05, 0.1) is 32.2 Å². The predicted molar refractivity (Wildman–Crippen MR) is 45.6 cm³/mol. The monoisotopic (exact) mass is 202 g/mol. The second-order valence-corrected chi connectivity index (χ2v) is 3.46. The Hall–Kier alpha value is -0.650. The zero-order valence-corrected chi connectivity index (χ0v) is 8.10. The van der Waals surface area contributed by atoms with E-state index >= 15 is 0 Å². The van der Waals surface area contributed by atoms with Gasteiger partial charge in [-0.05, 0) is 0 Å². The minimum atomic E-state index is -0.304. The highest BCUT2D eigenvalue weighted by atomic mass is 16.7. The van der Waals surface area contributed by atoms with Crippen LogP contribution in [0.2, 0.25) is 0 Å². The third-order valence-corrected chi connectivity index (χ3v) is 2.49.